The lowest BCUT2D eigenvalue weighted by Gasteiger charge is -2.15. The van der Waals surface area contributed by atoms with E-state index in [0.29, 0.717) is 17.5 Å². The normalized spacial score (nSPS) is 11.5. The van der Waals surface area contributed by atoms with Gasteiger partial charge in [0.2, 0.25) is 0 Å². The molecule has 9 aromatic carbocycles. The summed E-state index contributed by atoms with van der Waals surface area (Å²) in [5.41, 5.74) is 14.5. The van der Waals surface area contributed by atoms with Gasteiger partial charge in [0.05, 0.1) is 21.4 Å². The molecule has 0 fully saturated rings. The molecule has 0 unspecified atom stereocenters. The highest BCUT2D eigenvalue weighted by Gasteiger charge is 2.23. The van der Waals surface area contributed by atoms with Gasteiger partial charge < -0.3 is 4.57 Å². The van der Waals surface area contributed by atoms with Crippen LogP contribution in [0.4, 0.5) is 0 Å². The Morgan fingerprint density at radius 2 is 0.809 bits per heavy atom. The highest BCUT2D eigenvalue weighted by molar-refractivity contribution is 7.27. The summed E-state index contributed by atoms with van der Waals surface area (Å²) in [5.74, 6) is 1.74. The second kappa shape index (κ2) is 16.5. The van der Waals surface area contributed by atoms with Crippen LogP contribution in [0.2, 0.25) is 0 Å². The van der Waals surface area contributed by atoms with Gasteiger partial charge in [-0.15, -0.1) is 11.3 Å². The van der Waals surface area contributed by atoms with Gasteiger partial charge in [-0.3, -0.25) is 4.98 Å². The van der Waals surface area contributed by atoms with Crippen LogP contribution in [0.3, 0.4) is 0 Å². The smallest absolute Gasteiger partial charge is 0.166 e. The standard InChI is InChI=1S/C62H39N5S/c1-6-19-40(20-7-1)44-35-45(41-21-8-2-9-22-41)37-46(36-44)47-38-54(62-65-60(42-23-10-3-11-24-42)64-61(66-62)43-25-12-4-13-26-43)56(63-39-47)53-31-18-30-51-52-34-33-50-49-29-16-17-32-55(49)67(48-27-14-5-15-28-48)57(50)59(52)68-58(51)53/h1-39H. The predicted octanol–water partition coefficient (Wildman–Crippen LogP) is 16.4. The molecule has 318 valence electrons. The molecule has 4 heterocycles. The van der Waals surface area contributed by atoms with Crippen LogP contribution in [0.1, 0.15) is 0 Å². The van der Waals surface area contributed by atoms with Crippen molar-refractivity contribution in [2.45, 2.75) is 0 Å². The van der Waals surface area contributed by atoms with Gasteiger partial charge in [-0.25, -0.2) is 15.0 Å². The van der Waals surface area contributed by atoms with E-state index in [2.05, 4.69) is 199 Å². The molecule has 68 heavy (non-hydrogen) atoms. The number of rotatable bonds is 8. The van der Waals surface area contributed by atoms with Gasteiger partial charge in [0.15, 0.2) is 17.5 Å². The van der Waals surface area contributed by atoms with E-state index in [9.17, 15) is 0 Å². The fourth-order valence-electron chi connectivity index (χ4n) is 9.66. The van der Waals surface area contributed by atoms with Crippen LogP contribution in [0.25, 0.3) is 126 Å². The molecule has 0 N–H and O–H groups in total. The lowest BCUT2D eigenvalue weighted by atomic mass is 9.92. The highest BCUT2D eigenvalue weighted by atomic mass is 32.1. The number of pyridine rings is 1. The molecule has 0 bridgehead atoms. The van der Waals surface area contributed by atoms with E-state index in [4.69, 9.17) is 19.9 Å². The van der Waals surface area contributed by atoms with E-state index in [0.717, 1.165) is 71.7 Å². The third kappa shape index (κ3) is 6.86. The largest absolute Gasteiger partial charge is 0.308 e. The van der Waals surface area contributed by atoms with Crippen LogP contribution in [0.5, 0.6) is 0 Å². The number of thiophene rings is 1. The SMILES string of the molecule is c1ccc(-c2cc(-c3ccccc3)cc(-c3cnc(-c4cccc5c4sc4c5ccc5c6ccccc6n(-c6ccccc6)c54)c(-c4nc(-c5ccccc5)nc(-c5ccccc5)n4)c3)c2)cc1. The Hall–Kier alpha value is -8.84. The lowest BCUT2D eigenvalue weighted by molar-refractivity contribution is 1.07. The first-order chi connectivity index (χ1) is 33.7. The van der Waals surface area contributed by atoms with Crippen LogP contribution in [0, 0.1) is 0 Å². The van der Waals surface area contributed by atoms with Gasteiger partial charge in [-0.2, -0.15) is 0 Å². The lowest BCUT2D eigenvalue weighted by Crippen LogP contribution is -2.02. The Morgan fingerprint density at radius 1 is 0.324 bits per heavy atom. The fraction of sp³-hybridized carbons (Fsp3) is 0. The van der Waals surface area contributed by atoms with Crippen molar-refractivity contribution in [3.63, 3.8) is 0 Å². The molecule has 13 aromatic rings. The van der Waals surface area contributed by atoms with Crippen molar-refractivity contribution >= 4 is 53.3 Å². The molecule has 0 aliphatic heterocycles. The van der Waals surface area contributed by atoms with Crippen molar-refractivity contribution in [1.82, 2.24) is 24.5 Å². The molecule has 0 atom stereocenters. The molecule has 5 nitrogen and oxygen atoms in total. The molecule has 0 aliphatic rings. The topological polar surface area (TPSA) is 56.5 Å². The molecule has 0 saturated carbocycles. The fourth-order valence-corrected chi connectivity index (χ4v) is 11.0. The van der Waals surface area contributed by atoms with E-state index in [-0.39, 0.29) is 0 Å². The first-order valence-corrected chi connectivity index (χ1v) is 23.6. The van der Waals surface area contributed by atoms with E-state index >= 15 is 0 Å². The van der Waals surface area contributed by atoms with Gasteiger partial charge in [0, 0.05) is 65.9 Å². The van der Waals surface area contributed by atoms with Gasteiger partial charge in [0.25, 0.3) is 0 Å². The number of fused-ring (bicyclic) bond motifs is 7. The van der Waals surface area contributed by atoms with Crippen LogP contribution < -0.4 is 0 Å². The Kier molecular flexibility index (Phi) is 9.62. The van der Waals surface area contributed by atoms with E-state index in [1.807, 2.05) is 53.9 Å². The molecular weight excluding hydrogens is 847 g/mol. The molecular formula is C62H39N5S. The Morgan fingerprint density at radius 3 is 1.43 bits per heavy atom. The molecule has 0 aliphatic carbocycles. The average molecular weight is 886 g/mol. The van der Waals surface area contributed by atoms with Crippen molar-refractivity contribution in [2.75, 3.05) is 0 Å². The molecule has 13 rings (SSSR count). The summed E-state index contributed by atoms with van der Waals surface area (Å²) < 4.78 is 4.81. The minimum atomic E-state index is 0.550. The van der Waals surface area contributed by atoms with Gasteiger partial charge in [-0.05, 0) is 70.3 Å². The summed E-state index contributed by atoms with van der Waals surface area (Å²) in [5, 5.41) is 4.85. The zero-order chi connectivity index (χ0) is 45.0. The summed E-state index contributed by atoms with van der Waals surface area (Å²) in [6.45, 7) is 0. The quantitative estimate of drug-likeness (QED) is 0.153. The van der Waals surface area contributed by atoms with Crippen molar-refractivity contribution < 1.29 is 0 Å². The summed E-state index contributed by atoms with van der Waals surface area (Å²) in [4.78, 5) is 21.2. The summed E-state index contributed by atoms with van der Waals surface area (Å²) >= 11 is 1.83. The molecule has 6 heteroatoms. The predicted molar refractivity (Wildman–Crippen MR) is 283 cm³/mol. The second-order valence-electron chi connectivity index (χ2n) is 17.0. The van der Waals surface area contributed by atoms with Crippen LogP contribution in [-0.4, -0.2) is 24.5 Å². The van der Waals surface area contributed by atoms with E-state index in [1.54, 1.807) is 0 Å². The average Bonchev–Trinajstić information content (AvgIpc) is 3.98. The minimum absolute atomic E-state index is 0.550. The monoisotopic (exact) mass is 885 g/mol. The Bertz CT molecular complexity index is 3880. The number of hydrogen-bond donors (Lipinski definition) is 0. The number of para-hydroxylation sites is 2. The van der Waals surface area contributed by atoms with Crippen molar-refractivity contribution in [3.8, 4) is 84.5 Å². The molecule has 0 spiro atoms. The van der Waals surface area contributed by atoms with Crippen LogP contribution in [-0.2, 0) is 0 Å². The van der Waals surface area contributed by atoms with Gasteiger partial charge >= 0.3 is 0 Å². The van der Waals surface area contributed by atoms with Gasteiger partial charge in [0.1, 0.15) is 0 Å². The maximum Gasteiger partial charge on any atom is 0.166 e. The Labute approximate surface area is 397 Å². The van der Waals surface area contributed by atoms with E-state index in [1.165, 1.54) is 37.3 Å². The van der Waals surface area contributed by atoms with Crippen molar-refractivity contribution in [3.05, 3.63) is 237 Å². The third-order valence-corrected chi connectivity index (χ3v) is 14.1. The molecule has 0 amide bonds. The first kappa shape index (κ1) is 39.5. The summed E-state index contributed by atoms with van der Waals surface area (Å²) in [6, 6.07) is 81.2. The maximum atomic E-state index is 5.49. The van der Waals surface area contributed by atoms with Crippen molar-refractivity contribution in [1.29, 1.82) is 0 Å². The maximum absolute atomic E-state index is 5.49. The zero-order valence-electron chi connectivity index (χ0n) is 36.7. The molecule has 0 radical (unpaired) electrons. The third-order valence-electron chi connectivity index (χ3n) is 12.9. The number of hydrogen-bond acceptors (Lipinski definition) is 5. The zero-order valence-corrected chi connectivity index (χ0v) is 37.5. The van der Waals surface area contributed by atoms with Crippen molar-refractivity contribution in [2.24, 2.45) is 0 Å². The van der Waals surface area contributed by atoms with Crippen LogP contribution in [0.15, 0.2) is 237 Å². The van der Waals surface area contributed by atoms with Crippen LogP contribution >= 0.6 is 11.3 Å². The summed E-state index contributed by atoms with van der Waals surface area (Å²) in [6.07, 6.45) is 2.02. The molecule has 4 aromatic heterocycles. The number of nitrogens with zero attached hydrogens (tertiary/aromatic N) is 5. The second-order valence-corrected chi connectivity index (χ2v) is 18.0. The first-order valence-electron chi connectivity index (χ1n) is 22.8. The molecule has 0 saturated heterocycles. The number of aromatic nitrogens is 5. The summed E-state index contributed by atoms with van der Waals surface area (Å²) in [7, 11) is 0. The minimum Gasteiger partial charge on any atom is -0.308 e. The highest BCUT2D eigenvalue weighted by Crippen LogP contribution is 2.47. The number of benzene rings is 9. The van der Waals surface area contributed by atoms with Gasteiger partial charge in [-0.1, -0.05) is 188 Å². The Balaban J connectivity index is 1.09. The van der Waals surface area contributed by atoms with E-state index < -0.39 is 0 Å².